The minimum Gasteiger partial charge on any atom is -0.495 e. The Morgan fingerprint density at radius 2 is 1.33 bits per heavy atom. The first kappa shape index (κ1) is 41.2. The van der Waals surface area contributed by atoms with Gasteiger partial charge in [-0.3, -0.25) is 4.99 Å². The Morgan fingerprint density at radius 1 is 0.917 bits per heavy atom. The van der Waals surface area contributed by atoms with Crippen LogP contribution in [0, 0.1) is 0 Å². The number of methoxy groups -OCH3 is 2. The van der Waals surface area contributed by atoms with E-state index in [-0.39, 0.29) is 26.3 Å². The Kier molecular flexibility index (Phi) is 29.8. The van der Waals surface area contributed by atoms with Crippen molar-refractivity contribution in [3.05, 3.63) is 46.4 Å². The highest BCUT2D eigenvalue weighted by molar-refractivity contribution is 9.10. The molecule has 0 aliphatic heterocycles. The lowest BCUT2D eigenvalue weighted by atomic mass is 10.3. The predicted octanol–water partition coefficient (Wildman–Crippen LogP) is 6.36. The zero-order valence-electron chi connectivity index (χ0n) is 18.7. The molecule has 0 saturated carbocycles. The molecule has 12 heteroatoms. The van der Waals surface area contributed by atoms with Gasteiger partial charge in [0, 0.05) is 30.6 Å². The summed E-state index contributed by atoms with van der Waals surface area (Å²) >= 11 is 17.4. The van der Waals surface area contributed by atoms with Crippen LogP contribution in [0.5, 0.6) is 11.5 Å². The molecule has 1 atom stereocenters. The first-order chi connectivity index (χ1) is 16.1. The molecule has 0 radical (unpaired) electrons. The van der Waals surface area contributed by atoms with Crippen molar-refractivity contribution in [2.75, 3.05) is 26.6 Å². The summed E-state index contributed by atoms with van der Waals surface area (Å²) in [6, 6.07) is 10.2. The van der Waals surface area contributed by atoms with E-state index in [1.807, 2.05) is 0 Å². The fourth-order valence-electron chi connectivity index (χ4n) is 1.63. The topological polar surface area (TPSA) is 128 Å². The number of aliphatic imine (C=N–C) groups is 1. The van der Waals surface area contributed by atoms with Crippen molar-refractivity contribution in [1.29, 1.82) is 0 Å². The summed E-state index contributed by atoms with van der Waals surface area (Å²) in [6.45, 7) is 1.93. The van der Waals surface area contributed by atoms with E-state index in [4.69, 9.17) is 43.5 Å². The zero-order valence-corrected chi connectivity index (χ0v) is 23.3. The summed E-state index contributed by atoms with van der Waals surface area (Å²) in [5.74, 6) is 1.17. The predicted molar refractivity (Wildman–Crippen MR) is 158 cm³/mol. The third-order valence-electron chi connectivity index (χ3n) is 3.07. The summed E-state index contributed by atoms with van der Waals surface area (Å²) < 4.78 is 9.95. The highest BCUT2D eigenvalue weighted by Gasteiger charge is 2.01. The second kappa shape index (κ2) is 26.1. The van der Waals surface area contributed by atoms with E-state index in [1.165, 1.54) is 13.3 Å². The number of nitrogens with two attached hydrogens (primary N) is 1. The number of carbonyl (C=O) groups is 3. The van der Waals surface area contributed by atoms with E-state index in [0.717, 1.165) is 6.29 Å². The monoisotopic (exact) mass is 674 g/mol. The maximum atomic E-state index is 10.3. The van der Waals surface area contributed by atoms with Gasteiger partial charge in [0.2, 0.25) is 0 Å². The highest BCUT2D eigenvalue weighted by atomic mass is 79.9. The fourth-order valence-corrected chi connectivity index (χ4v) is 2.14. The van der Waals surface area contributed by atoms with E-state index >= 15 is 0 Å². The summed E-state index contributed by atoms with van der Waals surface area (Å²) in [5, 5.41) is 8.68. The third kappa shape index (κ3) is 20.2. The number of aliphatic hydroxyl groups excluding tert-OH is 1. The summed E-state index contributed by atoms with van der Waals surface area (Å²) in [6.07, 6.45) is 3.28. The van der Waals surface area contributed by atoms with E-state index in [1.54, 1.807) is 50.4 Å². The van der Waals surface area contributed by atoms with Gasteiger partial charge in [-0.2, -0.15) is 0 Å². The number of carbonyl (C=O) groups excluding carboxylic acids is 3. The molecule has 0 amide bonds. The molecule has 204 valence electrons. The maximum Gasteiger partial charge on any atom is 0.140 e. The quantitative estimate of drug-likeness (QED) is 0.115. The lowest BCUT2D eigenvalue weighted by molar-refractivity contribution is -0.113. The number of anilines is 1. The lowest BCUT2D eigenvalue weighted by Gasteiger charge is -2.03. The van der Waals surface area contributed by atoms with E-state index in [9.17, 15) is 14.4 Å². The van der Waals surface area contributed by atoms with Gasteiger partial charge in [0.1, 0.15) is 40.0 Å². The van der Waals surface area contributed by atoms with Gasteiger partial charge in [0.25, 0.3) is 0 Å². The molecular formula is C24H34Br2Cl2N2O6. The van der Waals surface area contributed by atoms with Crippen molar-refractivity contribution in [1.82, 2.24) is 0 Å². The van der Waals surface area contributed by atoms with Gasteiger partial charge in [-0.15, -0.1) is 0 Å². The third-order valence-corrected chi connectivity index (χ3v) is 4.57. The van der Waals surface area contributed by atoms with Crippen LogP contribution in [0.15, 0.2) is 41.4 Å². The van der Waals surface area contributed by atoms with Crippen molar-refractivity contribution in [2.24, 2.45) is 4.99 Å². The van der Waals surface area contributed by atoms with Crippen LogP contribution in [0.2, 0.25) is 10.0 Å². The Labute approximate surface area is 240 Å². The SMILES string of the molecule is C.C.CCO.COc1cc(N)ccc1Cl.COc1cc(N=CC(Br)C=O)ccc1Cl.O=CC(Br)C=O. The number of nitrogens with zero attached hydrogens (tertiary/aromatic N) is 1. The van der Waals surface area contributed by atoms with Crippen molar-refractivity contribution >= 4 is 91.5 Å². The van der Waals surface area contributed by atoms with Gasteiger partial charge < -0.3 is 34.7 Å². The average molecular weight is 677 g/mol. The van der Waals surface area contributed by atoms with Crippen molar-refractivity contribution in [3.63, 3.8) is 0 Å². The second-order valence-electron chi connectivity index (χ2n) is 5.60. The largest absolute Gasteiger partial charge is 0.495 e. The standard InChI is InChI=1S/C10H9BrClNO2.C7H8ClNO.C3H3BrO2.C2H6O.2CH4/c1-15-10-4-8(2-3-9(10)12)13-5-7(11)6-14;1-10-7-4-5(9)2-3-6(7)8;4-3(1-5)2-6;1-2-3;;/h2-7H,1H3;2-4H,9H2,1H3;1-3H;3H,2H2,1H3;2*1H4. The highest BCUT2D eigenvalue weighted by Crippen LogP contribution is 2.28. The Hall–Kier alpha value is -1.98. The van der Waals surface area contributed by atoms with Gasteiger partial charge in [0.15, 0.2) is 0 Å². The number of benzene rings is 2. The molecule has 0 aliphatic carbocycles. The number of rotatable bonds is 7. The van der Waals surface area contributed by atoms with E-state index < -0.39 is 4.83 Å². The first-order valence-electron chi connectivity index (χ1n) is 9.35. The van der Waals surface area contributed by atoms with Crippen molar-refractivity contribution < 1.29 is 29.0 Å². The number of halogens is 4. The molecule has 0 saturated heterocycles. The molecule has 2 aromatic rings. The van der Waals surface area contributed by atoms with E-state index in [0.29, 0.717) is 45.5 Å². The number of ether oxygens (including phenoxy) is 2. The number of hydrogen-bond acceptors (Lipinski definition) is 8. The van der Waals surface area contributed by atoms with Crippen LogP contribution in [-0.4, -0.2) is 60.7 Å². The molecule has 0 fully saturated rings. The number of aliphatic hydroxyl groups is 1. The minimum absolute atomic E-state index is 0. The van der Waals surface area contributed by atoms with Crippen LogP contribution in [-0.2, 0) is 14.4 Å². The number of alkyl halides is 2. The van der Waals surface area contributed by atoms with Gasteiger partial charge in [-0.25, -0.2) is 0 Å². The van der Waals surface area contributed by atoms with Crippen molar-refractivity contribution in [2.45, 2.75) is 31.4 Å². The molecular weight excluding hydrogens is 643 g/mol. The molecule has 0 heterocycles. The molecule has 0 aliphatic rings. The Bertz CT molecular complexity index is 897. The number of hydrogen-bond donors (Lipinski definition) is 2. The Morgan fingerprint density at radius 3 is 1.69 bits per heavy atom. The number of nitrogen functional groups attached to an aromatic ring is 1. The second-order valence-corrected chi connectivity index (χ2v) is 8.53. The molecule has 0 aromatic heterocycles. The average Bonchev–Trinajstić information content (AvgIpc) is 2.85. The molecule has 2 rings (SSSR count). The van der Waals surface area contributed by atoms with Crippen LogP contribution >= 0.6 is 55.1 Å². The normalized spacial score (nSPS) is 9.81. The van der Waals surface area contributed by atoms with Gasteiger partial charge in [0.05, 0.1) is 30.0 Å². The minimum atomic E-state index is -0.613. The van der Waals surface area contributed by atoms with Crippen LogP contribution in [0.3, 0.4) is 0 Å². The van der Waals surface area contributed by atoms with Gasteiger partial charge in [-0.05, 0) is 31.2 Å². The van der Waals surface area contributed by atoms with Crippen LogP contribution < -0.4 is 15.2 Å². The van der Waals surface area contributed by atoms with Gasteiger partial charge >= 0.3 is 0 Å². The molecule has 2 aromatic carbocycles. The Balaban J connectivity index is -0.000000212. The van der Waals surface area contributed by atoms with Crippen LogP contribution in [0.25, 0.3) is 0 Å². The molecule has 0 bridgehead atoms. The summed E-state index contributed by atoms with van der Waals surface area (Å²) in [7, 11) is 3.09. The van der Waals surface area contributed by atoms with Gasteiger partial charge in [-0.1, -0.05) is 69.9 Å². The lowest BCUT2D eigenvalue weighted by Crippen LogP contribution is -1.98. The smallest absolute Gasteiger partial charge is 0.140 e. The zero-order chi connectivity index (χ0) is 26.5. The summed E-state index contributed by atoms with van der Waals surface area (Å²) in [4.78, 5) is 32.3. The molecule has 36 heavy (non-hydrogen) atoms. The first-order valence-corrected chi connectivity index (χ1v) is 11.9. The molecule has 8 nitrogen and oxygen atoms in total. The van der Waals surface area contributed by atoms with E-state index in [2.05, 4.69) is 36.9 Å². The number of aldehydes is 3. The van der Waals surface area contributed by atoms with Crippen molar-refractivity contribution in [3.8, 4) is 11.5 Å². The fraction of sp³-hybridized carbons (Fsp3) is 0.333. The van der Waals surface area contributed by atoms with Crippen LogP contribution in [0.4, 0.5) is 11.4 Å². The molecule has 3 N–H and O–H groups in total. The summed E-state index contributed by atoms with van der Waals surface area (Å²) in [5.41, 5.74) is 6.80. The maximum absolute atomic E-state index is 10.3. The molecule has 0 spiro atoms. The van der Waals surface area contributed by atoms with Crippen LogP contribution in [0.1, 0.15) is 21.8 Å². The molecule has 1 unspecified atom stereocenters.